The number of phenols is 1. The molecule has 0 aliphatic rings. The number of rotatable bonds is 7. The first-order chi connectivity index (χ1) is 14.0. The average molecular weight is 413 g/mol. The smallest absolute Gasteiger partial charge is 0.185 e. The summed E-state index contributed by atoms with van der Waals surface area (Å²) >= 11 is 5.77. The number of benzene rings is 3. The summed E-state index contributed by atoms with van der Waals surface area (Å²) in [6.45, 7) is 0.179. The number of ketones is 1. The van der Waals surface area contributed by atoms with Crippen LogP contribution in [0.4, 0.5) is 4.39 Å². The molecule has 0 saturated carbocycles. The van der Waals surface area contributed by atoms with Crippen LogP contribution in [0, 0.1) is 5.82 Å². The minimum Gasteiger partial charge on any atom is -0.508 e. The molecule has 0 spiro atoms. The highest BCUT2D eigenvalue weighted by atomic mass is 35.5. The van der Waals surface area contributed by atoms with E-state index in [1.165, 1.54) is 36.4 Å². The zero-order chi connectivity index (χ0) is 20.8. The number of aromatic hydroxyl groups is 1. The van der Waals surface area contributed by atoms with Crippen LogP contribution in [0.2, 0.25) is 5.02 Å². The second kappa shape index (κ2) is 9.26. The van der Waals surface area contributed by atoms with Gasteiger partial charge in [0.25, 0.3) is 0 Å². The van der Waals surface area contributed by atoms with E-state index in [4.69, 9.17) is 21.1 Å². The molecule has 4 nitrogen and oxygen atoms in total. The maximum atomic E-state index is 13.3. The molecule has 3 aromatic carbocycles. The lowest BCUT2D eigenvalue weighted by atomic mass is 10.1. The highest BCUT2D eigenvalue weighted by Gasteiger charge is 2.07. The molecule has 0 heterocycles. The van der Waals surface area contributed by atoms with Gasteiger partial charge in [0.15, 0.2) is 5.78 Å². The number of hydrogen-bond donors (Lipinski definition) is 1. The van der Waals surface area contributed by atoms with Gasteiger partial charge in [-0.3, -0.25) is 4.79 Å². The summed E-state index contributed by atoms with van der Waals surface area (Å²) < 4.78 is 24.3. The van der Waals surface area contributed by atoms with E-state index in [1.807, 2.05) is 12.1 Å². The number of hydrogen-bond acceptors (Lipinski definition) is 4. The summed E-state index contributed by atoms with van der Waals surface area (Å²) in [6.07, 6.45) is 3.14. The Labute approximate surface area is 172 Å². The minimum absolute atomic E-state index is 0.0149. The van der Waals surface area contributed by atoms with Gasteiger partial charge in [-0.05, 0) is 60.2 Å². The molecule has 0 amide bonds. The summed E-state index contributed by atoms with van der Waals surface area (Å²) in [5, 5.41) is 9.29. The van der Waals surface area contributed by atoms with Crippen LogP contribution in [-0.2, 0) is 6.61 Å². The van der Waals surface area contributed by atoms with Gasteiger partial charge in [0.2, 0.25) is 0 Å². The third-order valence-corrected chi connectivity index (χ3v) is 4.46. The fourth-order valence-electron chi connectivity index (χ4n) is 2.64. The first kappa shape index (κ1) is 20.4. The van der Waals surface area contributed by atoms with Crippen molar-refractivity contribution < 1.29 is 23.8 Å². The molecule has 0 aliphatic heterocycles. The van der Waals surface area contributed by atoms with Crippen molar-refractivity contribution in [2.45, 2.75) is 6.61 Å². The molecular formula is C23H18ClFO4. The highest BCUT2D eigenvalue weighted by molar-refractivity contribution is 6.30. The monoisotopic (exact) mass is 412 g/mol. The Balaban J connectivity index is 1.74. The molecule has 0 atom stereocenters. The topological polar surface area (TPSA) is 55.8 Å². The Morgan fingerprint density at radius 3 is 2.55 bits per heavy atom. The van der Waals surface area contributed by atoms with Crippen molar-refractivity contribution in [3.8, 4) is 17.2 Å². The second-order valence-electron chi connectivity index (χ2n) is 6.18. The van der Waals surface area contributed by atoms with Crippen LogP contribution in [0.3, 0.4) is 0 Å². The molecule has 29 heavy (non-hydrogen) atoms. The molecule has 3 rings (SSSR count). The Bertz CT molecular complexity index is 1050. The standard InChI is InChI=1S/C23H18ClFO4/c1-28-23-11-3-15(2-10-22(27)16-4-6-18(26)7-5-16)12-17(23)14-29-19-8-9-21(25)20(24)13-19/h2-13,26H,14H2,1H3/b10-2+. The maximum Gasteiger partial charge on any atom is 0.185 e. The number of ether oxygens (including phenoxy) is 2. The molecule has 0 bridgehead atoms. The number of allylic oxidation sites excluding steroid dienone is 1. The van der Waals surface area contributed by atoms with Gasteiger partial charge < -0.3 is 14.6 Å². The molecule has 1 N–H and O–H groups in total. The van der Waals surface area contributed by atoms with Crippen molar-refractivity contribution >= 4 is 23.5 Å². The van der Waals surface area contributed by atoms with Gasteiger partial charge in [-0.15, -0.1) is 0 Å². The molecule has 0 aliphatic carbocycles. The first-order valence-corrected chi connectivity index (χ1v) is 9.10. The zero-order valence-electron chi connectivity index (χ0n) is 15.6. The predicted molar refractivity (Wildman–Crippen MR) is 110 cm³/mol. The van der Waals surface area contributed by atoms with E-state index in [0.29, 0.717) is 17.1 Å². The van der Waals surface area contributed by atoms with Crippen LogP contribution in [-0.4, -0.2) is 18.0 Å². The molecule has 0 radical (unpaired) electrons. The zero-order valence-corrected chi connectivity index (χ0v) is 16.3. The van der Waals surface area contributed by atoms with Crippen LogP contribution in [0.5, 0.6) is 17.2 Å². The van der Waals surface area contributed by atoms with E-state index in [-0.39, 0.29) is 23.2 Å². The summed E-state index contributed by atoms with van der Waals surface area (Å²) in [7, 11) is 1.55. The number of carbonyl (C=O) groups is 1. The maximum absolute atomic E-state index is 13.3. The normalized spacial score (nSPS) is 10.9. The summed E-state index contributed by atoms with van der Waals surface area (Å²) in [5.74, 6) is 0.469. The quantitative estimate of drug-likeness (QED) is 0.401. The lowest BCUT2D eigenvalue weighted by Crippen LogP contribution is -2.00. The number of phenolic OH excluding ortho intramolecular Hbond substituents is 1. The van der Waals surface area contributed by atoms with Crippen molar-refractivity contribution in [1.29, 1.82) is 0 Å². The van der Waals surface area contributed by atoms with Gasteiger partial charge >= 0.3 is 0 Å². The van der Waals surface area contributed by atoms with Crippen LogP contribution in [0.1, 0.15) is 21.5 Å². The molecule has 3 aromatic rings. The molecule has 0 fully saturated rings. The largest absolute Gasteiger partial charge is 0.508 e. The molecule has 0 saturated heterocycles. The van der Waals surface area contributed by atoms with Gasteiger partial charge in [0, 0.05) is 17.2 Å². The van der Waals surface area contributed by atoms with E-state index >= 15 is 0 Å². The Morgan fingerprint density at radius 1 is 1.10 bits per heavy atom. The lowest BCUT2D eigenvalue weighted by molar-refractivity contribution is 0.104. The third-order valence-electron chi connectivity index (χ3n) is 4.17. The van der Waals surface area contributed by atoms with E-state index in [1.54, 1.807) is 31.4 Å². The van der Waals surface area contributed by atoms with Crippen LogP contribution in [0.25, 0.3) is 6.08 Å². The van der Waals surface area contributed by atoms with E-state index < -0.39 is 5.82 Å². The summed E-state index contributed by atoms with van der Waals surface area (Å²) in [5.41, 5.74) is 2.02. The Kier molecular flexibility index (Phi) is 6.52. The summed E-state index contributed by atoms with van der Waals surface area (Å²) in [6, 6.07) is 15.6. The van der Waals surface area contributed by atoms with Crippen LogP contribution < -0.4 is 9.47 Å². The fraction of sp³-hybridized carbons (Fsp3) is 0.0870. The van der Waals surface area contributed by atoms with Crippen molar-refractivity contribution in [1.82, 2.24) is 0 Å². The van der Waals surface area contributed by atoms with Crippen molar-refractivity contribution in [3.63, 3.8) is 0 Å². The van der Waals surface area contributed by atoms with Crippen molar-refractivity contribution in [2.75, 3.05) is 7.11 Å². The van der Waals surface area contributed by atoms with Gasteiger partial charge in [-0.2, -0.15) is 0 Å². The van der Waals surface area contributed by atoms with Gasteiger partial charge in [0.1, 0.15) is 29.7 Å². The minimum atomic E-state index is -0.512. The first-order valence-electron chi connectivity index (χ1n) is 8.72. The lowest BCUT2D eigenvalue weighted by Gasteiger charge is -2.11. The van der Waals surface area contributed by atoms with E-state index in [0.717, 1.165) is 11.1 Å². The predicted octanol–water partition coefficient (Wildman–Crippen LogP) is 5.67. The molecule has 148 valence electrons. The fourth-order valence-corrected chi connectivity index (χ4v) is 2.81. The van der Waals surface area contributed by atoms with E-state index in [9.17, 15) is 14.3 Å². The molecule has 0 aromatic heterocycles. The van der Waals surface area contributed by atoms with Crippen LogP contribution in [0.15, 0.2) is 66.7 Å². The molecule has 0 unspecified atom stereocenters. The number of halogens is 2. The van der Waals surface area contributed by atoms with E-state index in [2.05, 4.69) is 0 Å². The summed E-state index contributed by atoms with van der Waals surface area (Å²) in [4.78, 5) is 12.2. The SMILES string of the molecule is COc1ccc(/C=C/C(=O)c2ccc(O)cc2)cc1COc1ccc(F)c(Cl)c1. The van der Waals surface area contributed by atoms with Crippen molar-refractivity contribution in [3.05, 3.63) is 94.3 Å². The molecule has 6 heteroatoms. The van der Waals surface area contributed by atoms with Crippen LogP contribution >= 0.6 is 11.6 Å². The third kappa shape index (κ3) is 5.36. The van der Waals surface area contributed by atoms with Crippen molar-refractivity contribution in [2.24, 2.45) is 0 Å². The van der Waals surface area contributed by atoms with Gasteiger partial charge in [-0.1, -0.05) is 23.7 Å². The van der Waals surface area contributed by atoms with Gasteiger partial charge in [0.05, 0.1) is 12.1 Å². The Morgan fingerprint density at radius 2 is 1.86 bits per heavy atom. The second-order valence-corrected chi connectivity index (χ2v) is 6.59. The number of methoxy groups -OCH3 is 1. The number of carbonyl (C=O) groups excluding carboxylic acids is 1. The molecular weight excluding hydrogens is 395 g/mol. The Hall–Kier alpha value is -3.31. The van der Waals surface area contributed by atoms with Gasteiger partial charge in [-0.25, -0.2) is 4.39 Å². The highest BCUT2D eigenvalue weighted by Crippen LogP contribution is 2.25. The average Bonchev–Trinajstić information content (AvgIpc) is 2.73.